The molecule has 0 aliphatic carbocycles. The van der Waals surface area contributed by atoms with Crippen LogP contribution in [0, 0.1) is 0 Å². The lowest BCUT2D eigenvalue weighted by Gasteiger charge is -2.58. The Kier molecular flexibility index (Phi) is 8.04. The third-order valence-electron chi connectivity index (χ3n) is 6.15. The van der Waals surface area contributed by atoms with Crippen LogP contribution in [0.5, 0.6) is 0 Å². The van der Waals surface area contributed by atoms with Crippen molar-refractivity contribution in [2.75, 3.05) is 6.16 Å². The van der Waals surface area contributed by atoms with Crippen LogP contribution in [0.25, 0.3) is 0 Å². The van der Waals surface area contributed by atoms with Gasteiger partial charge in [-0.25, -0.2) is 0 Å². The van der Waals surface area contributed by atoms with Crippen molar-refractivity contribution >= 4 is 7.92 Å². The summed E-state index contributed by atoms with van der Waals surface area (Å²) in [7, 11) is -0.150. The lowest BCUT2D eigenvalue weighted by Crippen LogP contribution is -2.58. The van der Waals surface area contributed by atoms with Gasteiger partial charge in [0.1, 0.15) is 0 Å². The first-order chi connectivity index (χ1) is 12.2. The molecule has 0 aromatic heterocycles. The maximum Gasteiger partial charge on any atom is 0.164 e. The first-order valence-corrected chi connectivity index (χ1v) is 12.6. The molecule has 25 heavy (non-hydrogen) atoms. The molecule has 4 fully saturated rings. The van der Waals surface area contributed by atoms with Gasteiger partial charge in [-0.15, -0.1) is 0 Å². The van der Waals surface area contributed by atoms with Crippen LogP contribution in [-0.2, 0) is 14.2 Å². The van der Waals surface area contributed by atoms with Crippen LogP contribution in [0.3, 0.4) is 0 Å². The molecule has 4 saturated heterocycles. The Morgan fingerprint density at radius 3 is 1.96 bits per heavy atom. The molecular formula is C21H39O3P. The lowest BCUT2D eigenvalue weighted by atomic mass is 10.1. The van der Waals surface area contributed by atoms with Crippen LogP contribution in [-0.4, -0.2) is 29.9 Å². The van der Waals surface area contributed by atoms with Crippen molar-refractivity contribution in [3.05, 3.63) is 0 Å². The van der Waals surface area contributed by atoms with Gasteiger partial charge in [0.05, 0.1) is 11.2 Å². The Balaban J connectivity index is 1.18. The fraction of sp³-hybridized carbons (Fsp3) is 1.00. The van der Waals surface area contributed by atoms with Crippen LogP contribution in [0.4, 0.5) is 0 Å². The molecule has 4 heteroatoms. The average Bonchev–Trinajstić information content (AvgIpc) is 2.56. The number of hydrogen-bond acceptors (Lipinski definition) is 3. The first-order valence-electron chi connectivity index (χ1n) is 11.0. The predicted molar refractivity (Wildman–Crippen MR) is 105 cm³/mol. The molecule has 146 valence electrons. The minimum atomic E-state index is -0.150. The second kappa shape index (κ2) is 10.0. The molecule has 4 aliphatic heterocycles. The van der Waals surface area contributed by atoms with E-state index in [-0.39, 0.29) is 25.8 Å². The zero-order valence-electron chi connectivity index (χ0n) is 16.5. The Morgan fingerprint density at radius 2 is 1.40 bits per heavy atom. The van der Waals surface area contributed by atoms with E-state index >= 15 is 0 Å². The van der Waals surface area contributed by atoms with E-state index in [1.54, 1.807) is 0 Å². The van der Waals surface area contributed by atoms with Crippen molar-refractivity contribution < 1.29 is 14.2 Å². The van der Waals surface area contributed by atoms with E-state index in [4.69, 9.17) is 14.2 Å². The van der Waals surface area contributed by atoms with Gasteiger partial charge in [-0.3, -0.25) is 0 Å². The largest absolute Gasteiger partial charge is 0.344 e. The normalized spacial score (nSPS) is 36.2. The van der Waals surface area contributed by atoms with Gasteiger partial charge >= 0.3 is 0 Å². The summed E-state index contributed by atoms with van der Waals surface area (Å²) in [6.07, 6.45) is 20.3. The molecule has 0 aromatic carbocycles. The van der Waals surface area contributed by atoms with Gasteiger partial charge in [0.25, 0.3) is 0 Å². The second-order valence-electron chi connectivity index (χ2n) is 8.40. The Hall–Kier alpha value is 0.310. The van der Waals surface area contributed by atoms with Crippen molar-refractivity contribution in [1.82, 2.24) is 0 Å². The molecule has 0 spiro atoms. The highest BCUT2D eigenvalue weighted by molar-refractivity contribution is 7.59. The molecular weight excluding hydrogens is 331 g/mol. The van der Waals surface area contributed by atoms with Crippen molar-refractivity contribution in [3.8, 4) is 0 Å². The highest BCUT2D eigenvalue weighted by Crippen LogP contribution is 2.67. The van der Waals surface area contributed by atoms with Crippen molar-refractivity contribution in [2.45, 2.75) is 128 Å². The number of ether oxygens (including phenoxy) is 3. The molecule has 0 N–H and O–H groups in total. The first kappa shape index (κ1) is 20.1. The lowest BCUT2D eigenvalue weighted by molar-refractivity contribution is -0.365. The quantitative estimate of drug-likeness (QED) is 0.265. The molecule has 5 unspecified atom stereocenters. The van der Waals surface area contributed by atoms with Crippen LogP contribution in [0.1, 0.15) is 104 Å². The molecule has 0 saturated carbocycles. The smallest absolute Gasteiger partial charge is 0.164 e. The fourth-order valence-corrected chi connectivity index (χ4v) is 7.94. The van der Waals surface area contributed by atoms with Gasteiger partial charge in [-0.1, -0.05) is 77.6 Å². The Morgan fingerprint density at radius 1 is 0.800 bits per heavy atom. The number of hydrogen-bond donors (Lipinski definition) is 0. The molecule has 0 aromatic rings. The van der Waals surface area contributed by atoms with Crippen molar-refractivity contribution in [3.63, 3.8) is 0 Å². The van der Waals surface area contributed by atoms with Crippen LogP contribution in [0.15, 0.2) is 0 Å². The molecule has 0 amide bonds. The highest BCUT2D eigenvalue weighted by Gasteiger charge is 2.57. The molecule has 0 radical (unpaired) electrons. The van der Waals surface area contributed by atoms with Crippen molar-refractivity contribution in [2.24, 2.45) is 0 Å². The summed E-state index contributed by atoms with van der Waals surface area (Å²) >= 11 is 0. The van der Waals surface area contributed by atoms with Crippen molar-refractivity contribution in [1.29, 1.82) is 0 Å². The van der Waals surface area contributed by atoms with E-state index < -0.39 is 0 Å². The third kappa shape index (κ3) is 5.64. The Labute approximate surface area is 156 Å². The molecule has 4 aliphatic rings. The predicted octanol–water partition coefficient (Wildman–Crippen LogP) is 6.73. The zero-order chi connectivity index (χ0) is 17.5. The SMILES string of the molecule is CCCCCCCCCCCCCCP1C2CC3OC(CC1(C)O3)O2. The summed E-state index contributed by atoms with van der Waals surface area (Å²) in [6.45, 7) is 4.61. The van der Waals surface area contributed by atoms with E-state index in [1.807, 2.05) is 0 Å². The summed E-state index contributed by atoms with van der Waals surface area (Å²) < 4.78 is 18.0. The van der Waals surface area contributed by atoms with Gasteiger partial charge in [-0.2, -0.15) is 0 Å². The van der Waals surface area contributed by atoms with Crippen LogP contribution >= 0.6 is 7.92 Å². The third-order valence-corrected chi connectivity index (χ3v) is 9.47. The van der Waals surface area contributed by atoms with E-state index in [9.17, 15) is 0 Å². The van der Waals surface area contributed by atoms with E-state index in [0.717, 1.165) is 12.8 Å². The maximum atomic E-state index is 6.21. The maximum absolute atomic E-state index is 6.21. The molecule has 4 bridgehead atoms. The molecule has 5 atom stereocenters. The van der Waals surface area contributed by atoms with Gasteiger partial charge in [0, 0.05) is 12.8 Å². The summed E-state index contributed by atoms with van der Waals surface area (Å²) in [6, 6.07) is 0. The minimum absolute atomic E-state index is 0.0169. The second-order valence-corrected chi connectivity index (χ2v) is 11.3. The van der Waals surface area contributed by atoms with Gasteiger partial charge < -0.3 is 14.2 Å². The molecule has 4 rings (SSSR count). The topological polar surface area (TPSA) is 27.7 Å². The zero-order valence-corrected chi connectivity index (χ0v) is 17.4. The average molecular weight is 371 g/mol. The summed E-state index contributed by atoms with van der Waals surface area (Å²) in [5, 5.41) is 0.0713. The fourth-order valence-electron chi connectivity index (χ4n) is 4.66. The standard InChI is InChI=1S/C21H39O3P/c1-3-4-5-6-7-8-9-10-11-12-13-14-15-25-20-16-18-22-19(23-20)17-21(25,2)24-18/h18-20H,3-17H2,1-2H3. The van der Waals surface area contributed by atoms with E-state index in [0.29, 0.717) is 5.85 Å². The summed E-state index contributed by atoms with van der Waals surface area (Å²) in [5.41, 5.74) is 0. The minimum Gasteiger partial charge on any atom is -0.344 e. The highest BCUT2D eigenvalue weighted by atomic mass is 31.1. The summed E-state index contributed by atoms with van der Waals surface area (Å²) in [4.78, 5) is 0. The molecule has 4 heterocycles. The van der Waals surface area contributed by atoms with E-state index in [1.165, 1.54) is 83.2 Å². The summed E-state index contributed by atoms with van der Waals surface area (Å²) in [5.74, 6) is 0.443. The number of unbranched alkanes of at least 4 members (excludes halogenated alkanes) is 11. The van der Waals surface area contributed by atoms with Gasteiger partial charge in [0.15, 0.2) is 12.6 Å². The Bertz CT molecular complexity index is 375. The van der Waals surface area contributed by atoms with Gasteiger partial charge in [-0.05, 0) is 27.4 Å². The van der Waals surface area contributed by atoms with Gasteiger partial charge in [0.2, 0.25) is 0 Å². The van der Waals surface area contributed by atoms with Crippen LogP contribution < -0.4 is 0 Å². The van der Waals surface area contributed by atoms with Crippen LogP contribution in [0.2, 0.25) is 0 Å². The number of rotatable bonds is 13. The monoisotopic (exact) mass is 370 g/mol. The van der Waals surface area contributed by atoms with E-state index in [2.05, 4.69) is 13.8 Å². The molecule has 3 nitrogen and oxygen atoms in total.